The van der Waals surface area contributed by atoms with E-state index in [9.17, 15) is 0 Å². The van der Waals surface area contributed by atoms with Gasteiger partial charge >= 0.3 is 33.0 Å². The number of hydrogen-bond donors (Lipinski definition) is 0. The van der Waals surface area contributed by atoms with E-state index < -0.39 is 0 Å². The van der Waals surface area contributed by atoms with Crippen molar-refractivity contribution in [2.75, 3.05) is 0 Å². The van der Waals surface area contributed by atoms with Crippen molar-refractivity contribution in [3.63, 3.8) is 0 Å². The van der Waals surface area contributed by atoms with Gasteiger partial charge in [-0.2, -0.15) is 0 Å². The average Bonchev–Trinajstić information content (AvgIpc) is 2.49. The Labute approximate surface area is 76.3 Å². The van der Waals surface area contributed by atoms with Crippen LogP contribution in [0.5, 0.6) is 0 Å². The molecule has 62 valence electrons. The van der Waals surface area contributed by atoms with Crippen LogP contribution in [0.3, 0.4) is 0 Å². The second-order valence-corrected chi connectivity index (χ2v) is 4.39. The molecule has 0 radical (unpaired) electrons. The first-order valence-corrected chi connectivity index (χ1v) is 6.09. The Morgan fingerprint density at radius 1 is 1.10 bits per heavy atom. The van der Waals surface area contributed by atoms with Crippen LogP contribution < -0.4 is 0 Å². The summed E-state index contributed by atoms with van der Waals surface area (Å²) in [7, 11) is 9.40. The van der Waals surface area contributed by atoms with Gasteiger partial charge in [-0.05, 0) is 31.1 Å². The standard InChI is InChI=1S/C7H10.2ClH.Ni/c1-2-7-4-3-6(1)5-7;;;/h1-2,6-7H,3-5H2;2*1H;/q;;;+2/p-2. The zero-order valence-electron chi connectivity index (χ0n) is 5.50. The normalized spacial score (nSPS) is 34.2. The topological polar surface area (TPSA) is 0 Å². The van der Waals surface area contributed by atoms with Crippen molar-refractivity contribution in [3.8, 4) is 0 Å². The van der Waals surface area contributed by atoms with E-state index in [1.807, 2.05) is 0 Å². The Bertz CT molecular complexity index is 113. The van der Waals surface area contributed by atoms with Crippen molar-refractivity contribution in [1.82, 2.24) is 0 Å². The van der Waals surface area contributed by atoms with Crippen LogP contribution in [0.2, 0.25) is 0 Å². The molecule has 2 unspecified atom stereocenters. The van der Waals surface area contributed by atoms with Crippen molar-refractivity contribution < 1.29 is 12.7 Å². The van der Waals surface area contributed by atoms with Crippen LogP contribution in [0, 0.1) is 11.8 Å². The van der Waals surface area contributed by atoms with Crippen LogP contribution in [0.1, 0.15) is 19.3 Å². The molecule has 0 heterocycles. The summed E-state index contributed by atoms with van der Waals surface area (Å²) >= 11 is 0.569. The van der Waals surface area contributed by atoms with Gasteiger partial charge in [0.05, 0.1) is 0 Å². The van der Waals surface area contributed by atoms with Crippen molar-refractivity contribution in [3.05, 3.63) is 12.2 Å². The minimum atomic E-state index is 0.569. The van der Waals surface area contributed by atoms with Crippen LogP contribution in [-0.2, 0) is 12.7 Å². The molecule has 0 nitrogen and oxygen atoms in total. The summed E-state index contributed by atoms with van der Waals surface area (Å²) in [5, 5.41) is 0. The first-order valence-electron chi connectivity index (χ1n) is 3.37. The molecule has 0 aromatic rings. The van der Waals surface area contributed by atoms with Crippen molar-refractivity contribution in [2.24, 2.45) is 11.8 Å². The Hall–Kier alpha value is 0.814. The Balaban J connectivity index is 0.000000148. The zero-order chi connectivity index (χ0) is 7.40. The van der Waals surface area contributed by atoms with Crippen LogP contribution >= 0.6 is 20.4 Å². The molecule has 0 aromatic carbocycles. The van der Waals surface area contributed by atoms with E-state index in [1.165, 1.54) is 19.3 Å². The zero-order valence-corrected chi connectivity index (χ0v) is 8.00. The first kappa shape index (κ1) is 8.91. The molecule has 0 aliphatic heterocycles. The van der Waals surface area contributed by atoms with E-state index in [-0.39, 0.29) is 0 Å². The SMILES string of the molecule is C1=CC2CCC1C2.[Cl][Ni][Cl]. The van der Waals surface area contributed by atoms with Crippen molar-refractivity contribution in [2.45, 2.75) is 19.3 Å². The van der Waals surface area contributed by atoms with Gasteiger partial charge < -0.3 is 0 Å². The summed E-state index contributed by atoms with van der Waals surface area (Å²) in [6.07, 6.45) is 9.19. The number of hydrogen-bond acceptors (Lipinski definition) is 0. The van der Waals surface area contributed by atoms with Gasteiger partial charge in [-0.1, -0.05) is 12.2 Å². The van der Waals surface area contributed by atoms with E-state index in [0.717, 1.165) is 11.8 Å². The summed E-state index contributed by atoms with van der Waals surface area (Å²) in [5.41, 5.74) is 0. The van der Waals surface area contributed by atoms with Gasteiger partial charge in [0.15, 0.2) is 0 Å². The maximum absolute atomic E-state index is 4.70. The van der Waals surface area contributed by atoms with Gasteiger partial charge in [0, 0.05) is 0 Å². The van der Waals surface area contributed by atoms with Crippen LogP contribution in [0.25, 0.3) is 0 Å². The van der Waals surface area contributed by atoms with Gasteiger partial charge in [-0.15, -0.1) is 0 Å². The molecule has 0 spiro atoms. The molecule has 0 aromatic heterocycles. The third kappa shape index (κ3) is 2.45. The van der Waals surface area contributed by atoms with Crippen molar-refractivity contribution >= 4 is 20.4 Å². The first-order chi connectivity index (χ1) is 4.86. The molecule has 2 atom stereocenters. The van der Waals surface area contributed by atoms with Gasteiger partial charge in [-0.25, -0.2) is 0 Å². The Kier molecular flexibility index (Phi) is 4.13. The molecular formula is C7H10Cl2Ni. The van der Waals surface area contributed by atoms with Crippen LogP contribution in [-0.4, -0.2) is 0 Å². The monoisotopic (exact) mass is 222 g/mol. The molecule has 2 rings (SSSR count). The number of halogens is 2. The van der Waals surface area contributed by atoms with Gasteiger partial charge in [0.25, 0.3) is 0 Å². The van der Waals surface area contributed by atoms with E-state index in [1.54, 1.807) is 0 Å². The molecule has 0 N–H and O–H groups in total. The molecule has 2 aliphatic rings. The predicted octanol–water partition coefficient (Wildman–Crippen LogP) is 3.35. The third-order valence-electron chi connectivity index (χ3n) is 2.17. The van der Waals surface area contributed by atoms with Gasteiger partial charge in [-0.3, -0.25) is 0 Å². The number of allylic oxidation sites excluding steroid dienone is 2. The predicted molar refractivity (Wildman–Crippen MR) is 41.7 cm³/mol. The molecule has 0 saturated heterocycles. The average molecular weight is 224 g/mol. The molecule has 10 heavy (non-hydrogen) atoms. The minimum absolute atomic E-state index is 0.569. The molecule has 1 fully saturated rings. The Morgan fingerprint density at radius 2 is 1.50 bits per heavy atom. The molecule has 1 saturated carbocycles. The summed E-state index contributed by atoms with van der Waals surface area (Å²) in [6, 6.07) is 0. The molecule has 2 aliphatic carbocycles. The van der Waals surface area contributed by atoms with E-state index in [0.29, 0.717) is 12.7 Å². The summed E-state index contributed by atoms with van der Waals surface area (Å²) in [5.74, 6) is 1.98. The van der Waals surface area contributed by atoms with Gasteiger partial charge in [0.2, 0.25) is 0 Å². The number of rotatable bonds is 0. The third-order valence-corrected chi connectivity index (χ3v) is 2.17. The quantitative estimate of drug-likeness (QED) is 0.437. The summed E-state index contributed by atoms with van der Waals surface area (Å²) < 4.78 is 0. The molecule has 2 bridgehead atoms. The van der Waals surface area contributed by atoms with E-state index >= 15 is 0 Å². The second-order valence-electron chi connectivity index (χ2n) is 2.76. The van der Waals surface area contributed by atoms with Gasteiger partial charge in [0.1, 0.15) is 0 Å². The van der Waals surface area contributed by atoms with E-state index in [2.05, 4.69) is 12.2 Å². The fourth-order valence-electron chi connectivity index (χ4n) is 1.72. The van der Waals surface area contributed by atoms with Crippen LogP contribution in [0.4, 0.5) is 0 Å². The van der Waals surface area contributed by atoms with Crippen LogP contribution in [0.15, 0.2) is 12.2 Å². The molecule has 3 heteroatoms. The summed E-state index contributed by atoms with van der Waals surface area (Å²) in [4.78, 5) is 0. The molecule has 0 amide bonds. The summed E-state index contributed by atoms with van der Waals surface area (Å²) in [6.45, 7) is 0. The fraction of sp³-hybridized carbons (Fsp3) is 0.714. The van der Waals surface area contributed by atoms with E-state index in [4.69, 9.17) is 20.4 Å². The molecular weight excluding hydrogens is 214 g/mol. The fourth-order valence-corrected chi connectivity index (χ4v) is 1.72. The Morgan fingerprint density at radius 3 is 1.60 bits per heavy atom. The maximum atomic E-state index is 4.70. The van der Waals surface area contributed by atoms with Crippen molar-refractivity contribution in [1.29, 1.82) is 0 Å². The second kappa shape index (κ2) is 4.64. The number of fused-ring (bicyclic) bond motifs is 2.